The molecule has 6 heteroatoms. The summed E-state index contributed by atoms with van der Waals surface area (Å²) in [6, 6.07) is 35.2. The Morgan fingerprint density at radius 1 is 0.468 bits per heavy atom. The highest BCUT2D eigenvalue weighted by Gasteiger charge is 2.32. The molecule has 234 valence electrons. The summed E-state index contributed by atoms with van der Waals surface area (Å²) in [5.74, 6) is -0.323. The molecule has 0 radical (unpaired) electrons. The zero-order chi connectivity index (χ0) is 33.7. The van der Waals surface area contributed by atoms with E-state index in [9.17, 15) is 19.8 Å². The fraction of sp³-hybridized carbons (Fsp3) is 0.122. The predicted molar refractivity (Wildman–Crippen MR) is 191 cm³/mol. The number of nitrogens with zero attached hydrogens (tertiary/aromatic N) is 2. The third-order valence-corrected chi connectivity index (χ3v) is 7.74. The van der Waals surface area contributed by atoms with Gasteiger partial charge in [0.2, 0.25) is 0 Å². The Hall–Kier alpha value is -5.88. The van der Waals surface area contributed by atoms with Crippen molar-refractivity contribution in [2.75, 3.05) is 0 Å². The zero-order valence-electron chi connectivity index (χ0n) is 27.1. The van der Waals surface area contributed by atoms with E-state index in [0.29, 0.717) is 33.6 Å². The maximum absolute atomic E-state index is 12.5. The Kier molecular flexibility index (Phi) is 9.71. The molecule has 0 aliphatic heterocycles. The van der Waals surface area contributed by atoms with E-state index in [1.165, 1.54) is 0 Å². The summed E-state index contributed by atoms with van der Waals surface area (Å²) in [6.07, 6.45) is 0. The van der Waals surface area contributed by atoms with Crippen LogP contribution in [0.15, 0.2) is 115 Å². The van der Waals surface area contributed by atoms with Crippen molar-refractivity contribution in [1.82, 2.24) is 9.97 Å². The number of aliphatic hydroxyl groups excluding tert-OH is 2. The van der Waals surface area contributed by atoms with Gasteiger partial charge in [-0.25, -0.2) is 9.97 Å². The highest BCUT2D eigenvalue weighted by atomic mass is 16.3. The molecule has 0 saturated carbocycles. The summed E-state index contributed by atoms with van der Waals surface area (Å²) in [4.78, 5) is 34.1. The summed E-state index contributed by atoms with van der Waals surface area (Å²) in [6.45, 7) is 10.0. The first-order chi connectivity index (χ1) is 22.9. The van der Waals surface area contributed by atoms with Crippen LogP contribution in [0.1, 0.15) is 76.5 Å². The quantitative estimate of drug-likeness (QED) is 0.200. The summed E-state index contributed by atoms with van der Waals surface area (Å²) in [5, 5.41) is 22.8. The van der Waals surface area contributed by atoms with Crippen molar-refractivity contribution in [3.8, 4) is 0 Å². The summed E-state index contributed by atoms with van der Waals surface area (Å²) in [7, 11) is 0. The van der Waals surface area contributed by atoms with Crippen LogP contribution in [0.25, 0.3) is 44.5 Å². The number of benzene rings is 4. The number of aromatic nitrogens is 2. The predicted octanol–water partition coefficient (Wildman–Crippen LogP) is 10.1. The second-order valence-electron chi connectivity index (χ2n) is 10.5. The zero-order valence-corrected chi connectivity index (χ0v) is 27.1. The Morgan fingerprint density at radius 3 is 1.40 bits per heavy atom. The van der Waals surface area contributed by atoms with Crippen molar-refractivity contribution >= 4 is 56.0 Å². The minimum Gasteiger partial charge on any atom is -0.506 e. The topological polar surface area (TPSA) is 100 Å². The van der Waals surface area contributed by atoms with Gasteiger partial charge in [-0.1, -0.05) is 118 Å². The molecule has 0 saturated heterocycles. The number of fused-ring (bicyclic) bond motifs is 4. The molecular weight excluding hydrogens is 584 g/mol. The van der Waals surface area contributed by atoms with E-state index in [4.69, 9.17) is 0 Å². The number of carbonyl (C=O) groups is 2. The third-order valence-electron chi connectivity index (χ3n) is 7.74. The largest absolute Gasteiger partial charge is 0.506 e. The van der Waals surface area contributed by atoms with Crippen LogP contribution in [0.3, 0.4) is 0 Å². The number of aliphatic hydroxyl groups is 2. The molecule has 6 nitrogen and oxygen atoms in total. The molecule has 0 amide bonds. The van der Waals surface area contributed by atoms with Crippen LogP contribution in [0.5, 0.6) is 0 Å². The third kappa shape index (κ3) is 6.06. The van der Waals surface area contributed by atoms with E-state index in [1.54, 1.807) is 54.6 Å². The van der Waals surface area contributed by atoms with E-state index < -0.39 is 0 Å². The lowest BCUT2D eigenvalue weighted by Gasteiger charge is -2.04. The summed E-state index contributed by atoms with van der Waals surface area (Å²) in [5.41, 5.74) is 6.56. The number of carbonyl (C=O) groups excluding carboxylic acids is 2. The number of para-hydroxylation sites is 1. The van der Waals surface area contributed by atoms with E-state index in [0.717, 1.165) is 27.4 Å². The highest BCUT2D eigenvalue weighted by molar-refractivity contribution is 6.39. The van der Waals surface area contributed by atoms with Crippen molar-refractivity contribution in [1.29, 1.82) is 0 Å². The van der Waals surface area contributed by atoms with Crippen LogP contribution in [0.2, 0.25) is 0 Å². The van der Waals surface area contributed by atoms with Crippen LogP contribution in [0, 0.1) is 6.92 Å². The Labute approximate surface area is 274 Å². The lowest BCUT2D eigenvalue weighted by molar-refractivity contribution is 0.105. The lowest BCUT2D eigenvalue weighted by Crippen LogP contribution is -2.00. The molecule has 8 rings (SSSR count). The first kappa shape index (κ1) is 32.5. The number of ketones is 2. The Balaban J connectivity index is 0.000000167. The van der Waals surface area contributed by atoms with Crippen molar-refractivity contribution in [3.63, 3.8) is 0 Å². The number of aryl methyl sites for hydroxylation is 1. The van der Waals surface area contributed by atoms with Gasteiger partial charge in [-0.05, 0) is 37.3 Å². The molecule has 0 unspecified atom stereocenters. The number of allylic oxidation sites excluding steroid dienone is 2. The second-order valence-corrected chi connectivity index (χ2v) is 10.5. The van der Waals surface area contributed by atoms with Crippen molar-refractivity contribution in [2.24, 2.45) is 0 Å². The number of rotatable bonds is 2. The molecule has 2 N–H and O–H groups in total. The number of hydrogen-bond acceptors (Lipinski definition) is 6. The van der Waals surface area contributed by atoms with Crippen molar-refractivity contribution < 1.29 is 19.8 Å². The fourth-order valence-corrected chi connectivity index (χ4v) is 5.59. The van der Waals surface area contributed by atoms with Gasteiger partial charge < -0.3 is 10.2 Å². The number of pyridine rings is 2. The molecule has 0 bridgehead atoms. The smallest absolute Gasteiger partial charge is 0.199 e. The van der Waals surface area contributed by atoms with Crippen LogP contribution in [-0.4, -0.2) is 31.7 Å². The molecule has 2 aliphatic carbocycles. The minimum atomic E-state index is -0.175. The summed E-state index contributed by atoms with van der Waals surface area (Å²) < 4.78 is 0. The van der Waals surface area contributed by atoms with Crippen LogP contribution >= 0.6 is 0 Å². The van der Waals surface area contributed by atoms with Gasteiger partial charge in [0.25, 0.3) is 0 Å². The van der Waals surface area contributed by atoms with Gasteiger partial charge >= 0.3 is 0 Å². The van der Waals surface area contributed by atoms with Gasteiger partial charge in [-0.3, -0.25) is 9.59 Å². The van der Waals surface area contributed by atoms with Crippen LogP contribution < -0.4 is 0 Å². The van der Waals surface area contributed by atoms with Gasteiger partial charge in [0.1, 0.15) is 11.5 Å². The average Bonchev–Trinajstić information content (AvgIpc) is 3.54. The van der Waals surface area contributed by atoms with Crippen molar-refractivity contribution in [2.45, 2.75) is 34.6 Å². The monoisotopic (exact) mass is 620 g/mol. The molecule has 0 spiro atoms. The van der Waals surface area contributed by atoms with Crippen molar-refractivity contribution in [3.05, 3.63) is 154 Å². The SMILES string of the molecule is CC.CC.Cc1ccc2nc(C3=C(O)c4ccccc4C3=O)ccc2c1.O=C1C(c2ccc3ccccc3n2)=C(O)c2ccccc21. The number of Topliss-reactive ketones (excluding diaryl/α,β-unsaturated/α-hetero) is 2. The molecule has 0 fully saturated rings. The molecular formula is C41H36N2O4. The normalized spacial score (nSPS) is 12.9. The van der Waals surface area contributed by atoms with Gasteiger partial charge in [-0.15, -0.1) is 0 Å². The second kappa shape index (κ2) is 14.0. The first-order valence-electron chi connectivity index (χ1n) is 15.8. The molecule has 0 atom stereocenters. The van der Waals surface area contributed by atoms with E-state index >= 15 is 0 Å². The number of hydrogen-bond donors (Lipinski definition) is 2. The van der Waals surface area contributed by atoms with Gasteiger partial charge in [0, 0.05) is 33.0 Å². The maximum atomic E-state index is 12.5. The Morgan fingerprint density at radius 2 is 0.894 bits per heavy atom. The standard InChI is InChI=1S/C19H13NO2.C18H11NO2.2C2H6/c1-11-6-8-15-12(10-11)7-9-16(20-15)17-18(21)13-4-2-3-5-14(13)19(17)22;20-17-12-6-2-3-7-13(12)18(21)16(17)15-10-9-11-5-1-4-8-14(11)19-15;2*1-2/h2-10,21H,1H3;1-10,20H;2*1-2H3. The maximum Gasteiger partial charge on any atom is 0.199 e. The van der Waals surface area contributed by atoms with Gasteiger partial charge in [-0.2, -0.15) is 0 Å². The lowest BCUT2D eigenvalue weighted by atomic mass is 10.0. The van der Waals surface area contributed by atoms with Gasteiger partial charge in [0.05, 0.1) is 33.6 Å². The van der Waals surface area contributed by atoms with E-state index in [2.05, 4.69) is 9.97 Å². The Bertz CT molecular complexity index is 2210. The van der Waals surface area contributed by atoms with E-state index in [-0.39, 0.29) is 34.2 Å². The average molecular weight is 621 g/mol. The highest BCUT2D eigenvalue weighted by Crippen LogP contribution is 2.37. The molecule has 6 aromatic rings. The molecule has 2 aliphatic rings. The first-order valence-corrected chi connectivity index (χ1v) is 15.8. The van der Waals surface area contributed by atoms with Crippen LogP contribution in [-0.2, 0) is 0 Å². The molecule has 4 aromatic carbocycles. The minimum absolute atomic E-state index is 0.0124. The molecule has 2 aromatic heterocycles. The van der Waals surface area contributed by atoms with Crippen LogP contribution in [0.4, 0.5) is 0 Å². The van der Waals surface area contributed by atoms with Gasteiger partial charge in [0.15, 0.2) is 11.6 Å². The van der Waals surface area contributed by atoms with E-state index in [1.807, 2.05) is 95.3 Å². The summed E-state index contributed by atoms with van der Waals surface area (Å²) >= 11 is 0. The fourth-order valence-electron chi connectivity index (χ4n) is 5.59. The molecule has 2 heterocycles. The molecule has 47 heavy (non-hydrogen) atoms.